The predicted octanol–water partition coefficient (Wildman–Crippen LogP) is 3.13. The van der Waals surface area contributed by atoms with Crippen molar-refractivity contribution < 1.29 is 4.79 Å². The fourth-order valence-corrected chi connectivity index (χ4v) is 2.84. The Labute approximate surface area is 132 Å². The highest BCUT2D eigenvalue weighted by Crippen LogP contribution is 2.19. The van der Waals surface area contributed by atoms with E-state index in [9.17, 15) is 4.79 Å². The first-order valence-corrected chi connectivity index (χ1v) is 7.51. The summed E-state index contributed by atoms with van der Waals surface area (Å²) in [5.41, 5.74) is 4.91. The number of aryl methyl sites for hydroxylation is 3. The summed E-state index contributed by atoms with van der Waals surface area (Å²) < 4.78 is 2.98. The first-order valence-electron chi connectivity index (χ1n) is 6.43. The Morgan fingerprint density at radius 1 is 1.35 bits per heavy atom. The number of carbonyl (C=O) groups is 1. The topological polar surface area (TPSA) is 46.9 Å². The molecule has 0 unspecified atom stereocenters. The monoisotopic (exact) mass is 383 g/mol. The lowest BCUT2D eigenvalue weighted by atomic mass is 10.1. The molecule has 0 aliphatic rings. The molecule has 0 aliphatic carbocycles. The Morgan fingerprint density at radius 2 is 2.05 bits per heavy atom. The number of anilines is 1. The minimum absolute atomic E-state index is 0.00601. The molecule has 0 saturated carbocycles. The van der Waals surface area contributed by atoms with E-state index < -0.39 is 0 Å². The van der Waals surface area contributed by atoms with Gasteiger partial charge in [0.15, 0.2) is 0 Å². The number of nitrogens with one attached hydrogen (secondary N) is 1. The normalized spacial score (nSPS) is 10.7. The molecule has 20 heavy (non-hydrogen) atoms. The van der Waals surface area contributed by atoms with Crippen LogP contribution in [0.3, 0.4) is 0 Å². The molecule has 4 nitrogen and oxygen atoms in total. The highest BCUT2D eigenvalue weighted by Gasteiger charge is 2.14. The summed E-state index contributed by atoms with van der Waals surface area (Å²) >= 11 is 2.26. The van der Waals surface area contributed by atoms with E-state index in [1.807, 2.05) is 44.6 Å². The van der Waals surface area contributed by atoms with Crippen LogP contribution in [0.4, 0.5) is 5.69 Å². The SMILES string of the molecule is Cc1cc(I)ccc1NC(=O)Cc1c(C)nn(C)c1C. The third-order valence-corrected chi connectivity index (χ3v) is 4.13. The van der Waals surface area contributed by atoms with Gasteiger partial charge in [0.1, 0.15) is 0 Å². The van der Waals surface area contributed by atoms with Gasteiger partial charge in [-0.2, -0.15) is 5.10 Å². The largest absolute Gasteiger partial charge is 0.326 e. The number of nitrogens with zero attached hydrogens (tertiary/aromatic N) is 2. The average molecular weight is 383 g/mol. The second-order valence-electron chi connectivity index (χ2n) is 4.96. The van der Waals surface area contributed by atoms with Crippen LogP contribution in [0.2, 0.25) is 0 Å². The zero-order chi connectivity index (χ0) is 14.9. The maximum atomic E-state index is 12.2. The number of carbonyl (C=O) groups excluding carboxylic acids is 1. The minimum atomic E-state index is -0.00601. The molecule has 1 amide bonds. The number of aromatic nitrogens is 2. The van der Waals surface area contributed by atoms with Crippen LogP contribution in [-0.2, 0) is 18.3 Å². The van der Waals surface area contributed by atoms with Crippen LogP contribution in [0.15, 0.2) is 18.2 Å². The molecule has 1 aromatic heterocycles. The Bertz CT molecular complexity index is 661. The van der Waals surface area contributed by atoms with Crippen LogP contribution in [-0.4, -0.2) is 15.7 Å². The van der Waals surface area contributed by atoms with Crippen molar-refractivity contribution in [1.82, 2.24) is 9.78 Å². The average Bonchev–Trinajstić information content (AvgIpc) is 2.60. The van der Waals surface area contributed by atoms with E-state index in [0.717, 1.165) is 31.8 Å². The number of benzene rings is 1. The number of hydrogen-bond donors (Lipinski definition) is 1. The molecule has 2 aromatic rings. The molecule has 0 radical (unpaired) electrons. The number of halogens is 1. The van der Waals surface area contributed by atoms with E-state index in [0.29, 0.717) is 6.42 Å². The van der Waals surface area contributed by atoms with Gasteiger partial charge < -0.3 is 5.32 Å². The van der Waals surface area contributed by atoms with Gasteiger partial charge in [-0.15, -0.1) is 0 Å². The van der Waals surface area contributed by atoms with Crippen molar-refractivity contribution in [3.63, 3.8) is 0 Å². The fourth-order valence-electron chi connectivity index (χ4n) is 2.20. The van der Waals surface area contributed by atoms with Gasteiger partial charge in [0.2, 0.25) is 5.91 Å². The second-order valence-corrected chi connectivity index (χ2v) is 6.20. The lowest BCUT2D eigenvalue weighted by Gasteiger charge is -2.09. The summed E-state index contributed by atoms with van der Waals surface area (Å²) in [5, 5.41) is 7.31. The summed E-state index contributed by atoms with van der Waals surface area (Å²) in [6, 6.07) is 5.98. The zero-order valence-electron chi connectivity index (χ0n) is 12.1. The third kappa shape index (κ3) is 3.20. The van der Waals surface area contributed by atoms with Crippen molar-refractivity contribution in [1.29, 1.82) is 0 Å². The molecular formula is C15H18IN3O. The van der Waals surface area contributed by atoms with Crippen LogP contribution < -0.4 is 5.32 Å². The predicted molar refractivity (Wildman–Crippen MR) is 88.9 cm³/mol. The van der Waals surface area contributed by atoms with Gasteiger partial charge in [0.25, 0.3) is 0 Å². The molecule has 106 valence electrons. The van der Waals surface area contributed by atoms with Crippen molar-refractivity contribution in [2.75, 3.05) is 5.32 Å². The maximum Gasteiger partial charge on any atom is 0.228 e. The van der Waals surface area contributed by atoms with E-state index in [-0.39, 0.29) is 5.91 Å². The van der Waals surface area contributed by atoms with Crippen molar-refractivity contribution in [3.8, 4) is 0 Å². The van der Waals surface area contributed by atoms with Crippen molar-refractivity contribution in [2.24, 2.45) is 7.05 Å². The van der Waals surface area contributed by atoms with Crippen LogP contribution >= 0.6 is 22.6 Å². The molecule has 1 aromatic carbocycles. The quantitative estimate of drug-likeness (QED) is 0.828. The van der Waals surface area contributed by atoms with Crippen molar-refractivity contribution >= 4 is 34.2 Å². The highest BCUT2D eigenvalue weighted by atomic mass is 127. The van der Waals surface area contributed by atoms with Gasteiger partial charge in [-0.25, -0.2) is 0 Å². The molecule has 0 aliphatic heterocycles. The molecule has 1 N–H and O–H groups in total. The lowest BCUT2D eigenvalue weighted by molar-refractivity contribution is -0.115. The van der Waals surface area contributed by atoms with Crippen LogP contribution in [0.1, 0.15) is 22.5 Å². The summed E-state index contributed by atoms with van der Waals surface area (Å²) in [7, 11) is 1.90. The summed E-state index contributed by atoms with van der Waals surface area (Å²) in [6.45, 7) is 5.92. The Morgan fingerprint density at radius 3 is 2.60 bits per heavy atom. The number of rotatable bonds is 3. The first kappa shape index (κ1) is 15.0. The van der Waals surface area contributed by atoms with E-state index >= 15 is 0 Å². The highest BCUT2D eigenvalue weighted by molar-refractivity contribution is 14.1. The molecule has 1 heterocycles. The van der Waals surface area contributed by atoms with Gasteiger partial charge in [0, 0.05) is 27.6 Å². The van der Waals surface area contributed by atoms with Crippen LogP contribution in [0, 0.1) is 24.3 Å². The number of hydrogen-bond acceptors (Lipinski definition) is 2. The van der Waals surface area contributed by atoms with Gasteiger partial charge >= 0.3 is 0 Å². The van der Waals surface area contributed by atoms with E-state index in [2.05, 4.69) is 39.1 Å². The molecule has 0 saturated heterocycles. The lowest BCUT2D eigenvalue weighted by Crippen LogP contribution is -2.16. The maximum absolute atomic E-state index is 12.2. The smallest absolute Gasteiger partial charge is 0.228 e. The standard InChI is InChI=1S/C15H18IN3O/c1-9-7-12(16)5-6-14(9)17-15(20)8-13-10(2)18-19(4)11(13)3/h5-7H,8H2,1-4H3,(H,17,20). The van der Waals surface area contributed by atoms with Gasteiger partial charge in [-0.05, 0) is 67.1 Å². The molecule has 5 heteroatoms. The Kier molecular flexibility index (Phi) is 4.47. The third-order valence-electron chi connectivity index (χ3n) is 3.46. The Balaban J connectivity index is 2.13. The summed E-state index contributed by atoms with van der Waals surface area (Å²) in [5.74, 6) is -0.00601. The fraction of sp³-hybridized carbons (Fsp3) is 0.333. The van der Waals surface area contributed by atoms with Gasteiger partial charge in [-0.3, -0.25) is 9.48 Å². The van der Waals surface area contributed by atoms with Crippen molar-refractivity contribution in [3.05, 3.63) is 44.3 Å². The Hall–Kier alpha value is -1.37. The summed E-state index contributed by atoms with van der Waals surface area (Å²) in [4.78, 5) is 12.2. The molecular weight excluding hydrogens is 365 g/mol. The van der Waals surface area contributed by atoms with E-state index in [1.165, 1.54) is 0 Å². The van der Waals surface area contributed by atoms with Crippen molar-refractivity contribution in [2.45, 2.75) is 27.2 Å². The van der Waals surface area contributed by atoms with E-state index in [1.54, 1.807) is 0 Å². The van der Waals surface area contributed by atoms with Crippen LogP contribution in [0.5, 0.6) is 0 Å². The molecule has 0 bridgehead atoms. The van der Waals surface area contributed by atoms with Crippen LogP contribution in [0.25, 0.3) is 0 Å². The number of amides is 1. The first-order chi connectivity index (χ1) is 9.38. The molecule has 2 rings (SSSR count). The zero-order valence-corrected chi connectivity index (χ0v) is 14.3. The van der Waals surface area contributed by atoms with E-state index in [4.69, 9.17) is 0 Å². The minimum Gasteiger partial charge on any atom is -0.326 e. The molecule has 0 atom stereocenters. The van der Waals surface area contributed by atoms with Gasteiger partial charge in [0.05, 0.1) is 12.1 Å². The summed E-state index contributed by atoms with van der Waals surface area (Å²) in [6.07, 6.45) is 0.358. The second kappa shape index (κ2) is 5.95. The molecule has 0 spiro atoms. The van der Waals surface area contributed by atoms with Gasteiger partial charge in [-0.1, -0.05) is 0 Å². The molecule has 0 fully saturated rings.